The quantitative estimate of drug-likeness (QED) is 0.620. The predicted molar refractivity (Wildman–Crippen MR) is 114 cm³/mol. The van der Waals surface area contributed by atoms with Gasteiger partial charge < -0.3 is 9.47 Å². The average Bonchev–Trinajstić information content (AvgIpc) is 2.78. The number of fused-ring (bicyclic) bond motifs is 1. The monoisotopic (exact) mass is 422 g/mol. The number of sulfone groups is 1. The first-order valence-electron chi connectivity index (χ1n) is 9.61. The van der Waals surface area contributed by atoms with Crippen molar-refractivity contribution in [2.45, 2.75) is 22.5 Å². The van der Waals surface area contributed by atoms with E-state index in [9.17, 15) is 13.2 Å². The van der Waals surface area contributed by atoms with E-state index >= 15 is 0 Å². The van der Waals surface area contributed by atoms with Crippen molar-refractivity contribution in [3.05, 3.63) is 89.5 Å². The zero-order chi connectivity index (χ0) is 21.3. The van der Waals surface area contributed by atoms with E-state index in [1.54, 1.807) is 37.4 Å². The molecule has 0 bridgehead atoms. The van der Waals surface area contributed by atoms with E-state index in [2.05, 4.69) is 0 Å². The molecule has 2 atom stereocenters. The molecule has 0 radical (unpaired) electrons. The number of ether oxygens (including phenoxy) is 2. The van der Waals surface area contributed by atoms with Crippen LogP contribution in [-0.4, -0.2) is 33.7 Å². The molecule has 2 unspecified atom stereocenters. The fraction of sp³-hybridized carbons (Fsp3) is 0.208. The van der Waals surface area contributed by atoms with Crippen molar-refractivity contribution in [3.8, 4) is 11.5 Å². The summed E-state index contributed by atoms with van der Waals surface area (Å²) < 4.78 is 38.3. The van der Waals surface area contributed by atoms with Gasteiger partial charge in [-0.1, -0.05) is 48.5 Å². The molecule has 6 heteroatoms. The van der Waals surface area contributed by atoms with Gasteiger partial charge in [0.1, 0.15) is 16.7 Å². The van der Waals surface area contributed by atoms with Gasteiger partial charge in [-0.3, -0.25) is 4.79 Å². The minimum Gasteiger partial charge on any atom is -0.496 e. The molecule has 0 fully saturated rings. The molecule has 3 aromatic carbocycles. The molecule has 0 aromatic heterocycles. The predicted octanol–water partition coefficient (Wildman–Crippen LogP) is 4.07. The van der Waals surface area contributed by atoms with Crippen LogP contribution in [0.1, 0.15) is 27.4 Å². The minimum absolute atomic E-state index is 0.126. The van der Waals surface area contributed by atoms with Crippen molar-refractivity contribution in [1.82, 2.24) is 0 Å². The second kappa shape index (κ2) is 7.95. The molecular formula is C24H22O5S. The van der Waals surface area contributed by atoms with E-state index in [0.29, 0.717) is 29.0 Å². The van der Waals surface area contributed by atoms with E-state index in [4.69, 9.17) is 9.47 Å². The molecule has 1 aliphatic rings. The van der Waals surface area contributed by atoms with Crippen molar-refractivity contribution >= 4 is 15.6 Å². The third-order valence-electron chi connectivity index (χ3n) is 5.59. The molecule has 30 heavy (non-hydrogen) atoms. The van der Waals surface area contributed by atoms with Gasteiger partial charge in [-0.05, 0) is 41.8 Å². The third-order valence-corrected chi connectivity index (χ3v) is 7.73. The van der Waals surface area contributed by atoms with E-state index in [1.165, 1.54) is 19.2 Å². The van der Waals surface area contributed by atoms with Crippen LogP contribution in [-0.2, 0) is 16.3 Å². The van der Waals surface area contributed by atoms with Crippen LogP contribution in [0.25, 0.3) is 0 Å². The van der Waals surface area contributed by atoms with Crippen LogP contribution >= 0.6 is 0 Å². The summed E-state index contributed by atoms with van der Waals surface area (Å²) in [5, 5.41) is -1.28. The summed E-state index contributed by atoms with van der Waals surface area (Å²) >= 11 is 0. The van der Waals surface area contributed by atoms with Crippen LogP contribution < -0.4 is 9.47 Å². The number of benzene rings is 3. The normalized spacial score (nSPS) is 18.5. The molecule has 0 saturated carbocycles. The second-order valence-electron chi connectivity index (χ2n) is 7.19. The fourth-order valence-electron chi connectivity index (χ4n) is 4.23. The lowest BCUT2D eigenvalue weighted by atomic mass is 9.78. The first kappa shape index (κ1) is 20.2. The summed E-state index contributed by atoms with van der Waals surface area (Å²) in [5.74, 6) is -0.0777. The highest BCUT2D eigenvalue weighted by Gasteiger charge is 2.47. The number of hydrogen-bond donors (Lipinski definition) is 0. The zero-order valence-corrected chi connectivity index (χ0v) is 17.6. The second-order valence-corrected chi connectivity index (χ2v) is 9.26. The van der Waals surface area contributed by atoms with Crippen LogP contribution in [0.4, 0.5) is 0 Å². The number of ketones is 1. The lowest BCUT2D eigenvalue weighted by Crippen LogP contribution is -2.41. The van der Waals surface area contributed by atoms with Gasteiger partial charge in [-0.15, -0.1) is 0 Å². The molecule has 4 rings (SSSR count). The Morgan fingerprint density at radius 2 is 1.43 bits per heavy atom. The van der Waals surface area contributed by atoms with Gasteiger partial charge in [0.2, 0.25) is 0 Å². The first-order valence-corrected chi connectivity index (χ1v) is 11.2. The Balaban J connectivity index is 1.96. The molecule has 0 spiro atoms. The Morgan fingerprint density at radius 1 is 0.800 bits per heavy atom. The standard InChI is InChI=1S/C24H22O5S/c1-28-20-13-7-6-12-18(20)19-15-16-9-8-14-21(29-2)22(16)23(25)24(19)30(26,27)17-10-4-3-5-11-17/h3-14,19,24H,15H2,1-2H3. The van der Waals surface area contributed by atoms with Crippen LogP contribution in [0.3, 0.4) is 0 Å². The summed E-state index contributed by atoms with van der Waals surface area (Å²) in [6, 6.07) is 20.7. The highest BCUT2D eigenvalue weighted by atomic mass is 32.2. The molecule has 0 aliphatic heterocycles. The summed E-state index contributed by atoms with van der Waals surface area (Å²) in [7, 11) is -0.937. The summed E-state index contributed by atoms with van der Waals surface area (Å²) in [6.45, 7) is 0. The highest BCUT2D eigenvalue weighted by molar-refractivity contribution is 7.93. The Kier molecular flexibility index (Phi) is 5.35. The lowest BCUT2D eigenvalue weighted by molar-refractivity contribution is 0.0965. The van der Waals surface area contributed by atoms with Crippen molar-refractivity contribution in [2.24, 2.45) is 0 Å². The van der Waals surface area contributed by atoms with Crippen LogP contribution in [0.15, 0.2) is 77.7 Å². The molecule has 0 N–H and O–H groups in total. The summed E-state index contributed by atoms with van der Waals surface area (Å²) in [4.78, 5) is 13.8. The minimum atomic E-state index is -3.96. The van der Waals surface area contributed by atoms with Crippen LogP contribution in [0, 0.1) is 0 Å². The van der Waals surface area contributed by atoms with Crippen molar-refractivity contribution in [3.63, 3.8) is 0 Å². The molecule has 0 saturated heterocycles. The number of hydrogen-bond acceptors (Lipinski definition) is 5. The SMILES string of the molecule is COc1ccccc1C1Cc2cccc(OC)c2C(=O)C1S(=O)(=O)c1ccccc1. The molecule has 3 aromatic rings. The molecule has 0 heterocycles. The largest absolute Gasteiger partial charge is 0.496 e. The third kappa shape index (κ3) is 3.27. The molecule has 0 amide bonds. The zero-order valence-electron chi connectivity index (χ0n) is 16.7. The Bertz CT molecular complexity index is 1190. The first-order chi connectivity index (χ1) is 14.5. The van der Waals surface area contributed by atoms with Gasteiger partial charge in [-0.25, -0.2) is 8.42 Å². The number of rotatable bonds is 5. The number of para-hydroxylation sites is 1. The van der Waals surface area contributed by atoms with Crippen LogP contribution in [0.2, 0.25) is 0 Å². The number of carbonyl (C=O) groups excluding carboxylic acids is 1. The van der Waals surface area contributed by atoms with Crippen molar-refractivity contribution < 1.29 is 22.7 Å². The topological polar surface area (TPSA) is 69.7 Å². The number of Topliss-reactive ketones (excluding diaryl/α,β-unsaturated/α-hetero) is 1. The van der Waals surface area contributed by atoms with Crippen molar-refractivity contribution in [1.29, 1.82) is 0 Å². The summed E-state index contributed by atoms with van der Waals surface area (Å²) in [5.41, 5.74) is 1.82. The van der Waals surface area contributed by atoms with Gasteiger partial charge in [0.15, 0.2) is 15.6 Å². The Morgan fingerprint density at radius 3 is 2.13 bits per heavy atom. The molecule has 1 aliphatic carbocycles. The van der Waals surface area contributed by atoms with Crippen molar-refractivity contribution in [2.75, 3.05) is 14.2 Å². The van der Waals surface area contributed by atoms with Crippen LogP contribution in [0.5, 0.6) is 11.5 Å². The van der Waals surface area contributed by atoms with E-state index < -0.39 is 26.8 Å². The van der Waals surface area contributed by atoms with Gasteiger partial charge in [0, 0.05) is 5.92 Å². The number of carbonyl (C=O) groups is 1. The van der Waals surface area contributed by atoms with Gasteiger partial charge in [0.25, 0.3) is 0 Å². The maximum Gasteiger partial charge on any atom is 0.189 e. The lowest BCUT2D eigenvalue weighted by Gasteiger charge is -2.33. The molecule has 5 nitrogen and oxygen atoms in total. The smallest absolute Gasteiger partial charge is 0.189 e. The van der Waals surface area contributed by atoms with E-state index in [1.807, 2.05) is 30.3 Å². The van der Waals surface area contributed by atoms with Gasteiger partial charge >= 0.3 is 0 Å². The Hall–Kier alpha value is -3.12. The average molecular weight is 423 g/mol. The molecule has 154 valence electrons. The maximum atomic E-state index is 13.7. The maximum absolute atomic E-state index is 13.7. The van der Waals surface area contributed by atoms with Gasteiger partial charge in [0.05, 0.1) is 24.7 Å². The Labute approximate surface area is 176 Å². The number of methoxy groups -OCH3 is 2. The van der Waals surface area contributed by atoms with E-state index in [-0.39, 0.29) is 4.90 Å². The fourth-order valence-corrected chi connectivity index (χ4v) is 6.13. The van der Waals surface area contributed by atoms with E-state index in [0.717, 1.165) is 5.56 Å². The van der Waals surface area contributed by atoms with Gasteiger partial charge in [-0.2, -0.15) is 0 Å². The molecular weight excluding hydrogens is 400 g/mol. The highest BCUT2D eigenvalue weighted by Crippen LogP contribution is 2.43. The summed E-state index contributed by atoms with van der Waals surface area (Å²) in [6.07, 6.45) is 0.384.